The Labute approximate surface area is 178 Å². The van der Waals surface area contributed by atoms with E-state index >= 15 is 0 Å². The maximum Gasteiger partial charge on any atom is 0.397 e. The number of rotatable bonds is 15. The van der Waals surface area contributed by atoms with Crippen molar-refractivity contribution in [3.05, 3.63) is 0 Å². The van der Waals surface area contributed by atoms with Crippen LogP contribution in [0.1, 0.15) is 112 Å². The molecular formula is C21H44N2O5S. The maximum atomic E-state index is 11.9. The fraction of sp³-hybridized carbons (Fsp3) is 0.905. The monoisotopic (exact) mass is 436 g/mol. The summed E-state index contributed by atoms with van der Waals surface area (Å²) in [5.41, 5.74) is 6.65. The van der Waals surface area contributed by atoms with Gasteiger partial charge >= 0.3 is 10.4 Å². The Hall–Kier alpha value is -0.830. The van der Waals surface area contributed by atoms with Crippen LogP contribution in [0.25, 0.3) is 0 Å². The van der Waals surface area contributed by atoms with Crippen LogP contribution in [0.2, 0.25) is 0 Å². The Morgan fingerprint density at radius 2 is 1.45 bits per heavy atom. The summed E-state index contributed by atoms with van der Waals surface area (Å²) >= 11 is 0. The highest BCUT2D eigenvalue weighted by atomic mass is 32.3. The Morgan fingerprint density at radius 1 is 0.966 bits per heavy atom. The molecular weight excluding hydrogens is 392 g/mol. The molecule has 0 aliphatic heterocycles. The molecule has 0 spiro atoms. The average Bonchev–Trinajstić information content (AvgIpc) is 2.58. The summed E-state index contributed by atoms with van der Waals surface area (Å²) in [7, 11) is -4.17. The first-order valence-corrected chi connectivity index (χ1v) is 12.3. The molecule has 29 heavy (non-hydrogen) atoms. The number of hydrogen-bond donors (Lipinski definition) is 2. The summed E-state index contributed by atoms with van der Waals surface area (Å²) in [4.78, 5) is 16.1. The molecule has 0 saturated carbocycles. The smallest absolute Gasteiger partial charge is 0.325 e. The first kappa shape index (κ1) is 30.4. The van der Waals surface area contributed by atoms with Crippen molar-refractivity contribution in [1.82, 2.24) is 0 Å². The average molecular weight is 437 g/mol. The molecule has 0 aliphatic carbocycles. The van der Waals surface area contributed by atoms with Crippen LogP contribution in [-0.4, -0.2) is 36.7 Å². The second-order valence-corrected chi connectivity index (χ2v) is 9.09. The first-order valence-electron chi connectivity index (χ1n) is 10.9. The maximum absolute atomic E-state index is 11.9. The van der Waals surface area contributed by atoms with Gasteiger partial charge in [-0.05, 0) is 33.6 Å². The molecule has 0 aromatic heterocycles. The molecule has 0 atom stereocenters. The number of unbranched alkanes of at least 4 members (excludes halogenated alkanes) is 8. The Morgan fingerprint density at radius 3 is 1.79 bits per heavy atom. The molecule has 3 N–H and O–H groups in total. The molecule has 8 heteroatoms. The number of aliphatic imine (C=N–C) groups is 1. The molecule has 0 bridgehead atoms. The Balaban J connectivity index is 0. The summed E-state index contributed by atoms with van der Waals surface area (Å²) < 4.78 is 30.7. The van der Waals surface area contributed by atoms with Gasteiger partial charge in [-0.2, -0.15) is 8.42 Å². The number of nitrogens with two attached hydrogens (primary N) is 1. The quantitative estimate of drug-likeness (QED) is 0.206. The third kappa shape index (κ3) is 27.2. The van der Waals surface area contributed by atoms with E-state index in [9.17, 15) is 13.2 Å². The van der Waals surface area contributed by atoms with Crippen LogP contribution in [-0.2, 0) is 19.4 Å². The highest BCUT2D eigenvalue weighted by Gasteiger charge is 2.14. The van der Waals surface area contributed by atoms with E-state index in [4.69, 9.17) is 10.3 Å². The summed E-state index contributed by atoms with van der Waals surface area (Å²) in [5.74, 6) is 0.0315. The molecule has 0 radical (unpaired) electrons. The first-order chi connectivity index (χ1) is 13.4. The van der Waals surface area contributed by atoms with Gasteiger partial charge in [-0.15, -0.1) is 0 Å². The summed E-state index contributed by atoms with van der Waals surface area (Å²) in [5, 5.41) is 0. The normalized spacial score (nSPS) is 12.4. The van der Waals surface area contributed by atoms with Gasteiger partial charge in [0.05, 0.1) is 6.61 Å². The summed E-state index contributed by atoms with van der Waals surface area (Å²) in [6.45, 7) is 9.67. The topological polar surface area (TPSA) is 119 Å². The van der Waals surface area contributed by atoms with Gasteiger partial charge in [0.25, 0.3) is 0 Å². The lowest BCUT2D eigenvalue weighted by atomic mass is 9.97. The van der Waals surface area contributed by atoms with E-state index in [-0.39, 0.29) is 18.1 Å². The van der Waals surface area contributed by atoms with E-state index in [0.717, 1.165) is 25.0 Å². The number of amides is 1. The van der Waals surface area contributed by atoms with E-state index in [1.54, 1.807) is 0 Å². The van der Waals surface area contributed by atoms with Crippen molar-refractivity contribution < 1.29 is 21.9 Å². The number of carbonyl (C=O) groups excluding carboxylic acids is 1. The molecule has 174 valence electrons. The van der Waals surface area contributed by atoms with Gasteiger partial charge < -0.3 is 5.73 Å². The highest BCUT2D eigenvalue weighted by molar-refractivity contribution is 7.80. The third-order valence-electron chi connectivity index (χ3n) is 4.11. The zero-order valence-corrected chi connectivity index (χ0v) is 20.0. The van der Waals surface area contributed by atoms with Crippen LogP contribution < -0.4 is 5.73 Å². The fourth-order valence-electron chi connectivity index (χ4n) is 2.74. The molecule has 0 rings (SSSR count). The lowest BCUT2D eigenvalue weighted by Crippen LogP contribution is -2.34. The largest absolute Gasteiger partial charge is 0.397 e. The van der Waals surface area contributed by atoms with Crippen molar-refractivity contribution in [1.29, 1.82) is 0 Å². The second kappa shape index (κ2) is 18.0. The molecule has 1 amide bonds. The lowest BCUT2D eigenvalue weighted by Gasteiger charge is -2.18. The van der Waals surface area contributed by atoms with Gasteiger partial charge in [0.15, 0.2) is 0 Å². The summed E-state index contributed by atoms with van der Waals surface area (Å²) in [6.07, 6.45) is 13.5. The van der Waals surface area contributed by atoms with E-state index < -0.39 is 10.4 Å². The van der Waals surface area contributed by atoms with Crippen molar-refractivity contribution in [2.75, 3.05) is 6.61 Å². The minimum Gasteiger partial charge on any atom is -0.325 e. The molecule has 0 fully saturated rings. The molecule has 0 aromatic rings. The van der Waals surface area contributed by atoms with Crippen molar-refractivity contribution in [3.63, 3.8) is 0 Å². The van der Waals surface area contributed by atoms with Crippen molar-refractivity contribution >= 4 is 22.0 Å². The number of hydrogen-bond acceptors (Lipinski definition) is 5. The van der Waals surface area contributed by atoms with Gasteiger partial charge in [0.1, 0.15) is 0 Å². The predicted molar refractivity (Wildman–Crippen MR) is 121 cm³/mol. The molecule has 7 nitrogen and oxygen atoms in total. The minimum absolute atomic E-state index is 0.0289. The predicted octanol–water partition coefficient (Wildman–Crippen LogP) is 5.24. The van der Waals surface area contributed by atoms with Gasteiger partial charge in [-0.25, -0.2) is 9.18 Å². The Kier molecular flexibility index (Phi) is 18.8. The Bertz CT molecular complexity index is 540. The van der Waals surface area contributed by atoms with Gasteiger partial charge in [-0.1, -0.05) is 65.2 Å². The molecule has 0 aliphatic rings. The highest BCUT2D eigenvalue weighted by Crippen LogP contribution is 2.12. The zero-order chi connectivity index (χ0) is 22.8. The van der Waals surface area contributed by atoms with Crippen molar-refractivity contribution in [3.8, 4) is 0 Å². The van der Waals surface area contributed by atoms with Crippen LogP contribution in [0.3, 0.4) is 0 Å². The molecule has 0 saturated heterocycles. The fourth-order valence-corrected chi connectivity index (χ4v) is 3.04. The van der Waals surface area contributed by atoms with Crippen LogP contribution >= 0.6 is 0 Å². The minimum atomic E-state index is -4.17. The SMILES string of the molecule is CCCCCCCCCCCC(=O)N=C(CC)CC(C)(C)N.CCOS(=O)(=O)O. The van der Waals surface area contributed by atoms with E-state index in [2.05, 4.69) is 16.1 Å². The van der Waals surface area contributed by atoms with E-state index in [1.807, 2.05) is 20.8 Å². The number of nitrogens with zero attached hydrogens (tertiary/aromatic N) is 1. The van der Waals surface area contributed by atoms with E-state index in [1.165, 1.54) is 51.9 Å². The zero-order valence-electron chi connectivity index (χ0n) is 19.2. The van der Waals surface area contributed by atoms with Crippen LogP contribution in [0.5, 0.6) is 0 Å². The van der Waals surface area contributed by atoms with Crippen LogP contribution in [0.4, 0.5) is 0 Å². The number of carbonyl (C=O) groups is 1. The third-order valence-corrected chi connectivity index (χ3v) is 4.65. The lowest BCUT2D eigenvalue weighted by molar-refractivity contribution is -0.117. The molecule has 0 unspecified atom stereocenters. The van der Waals surface area contributed by atoms with Gasteiger partial charge in [0, 0.05) is 24.1 Å². The molecule has 0 heterocycles. The summed E-state index contributed by atoms with van der Waals surface area (Å²) in [6, 6.07) is 0. The van der Waals surface area contributed by atoms with Gasteiger partial charge in [0.2, 0.25) is 5.91 Å². The van der Waals surface area contributed by atoms with Crippen molar-refractivity contribution in [2.24, 2.45) is 10.7 Å². The second-order valence-electron chi connectivity index (χ2n) is 8.00. The van der Waals surface area contributed by atoms with Crippen LogP contribution in [0.15, 0.2) is 4.99 Å². The van der Waals surface area contributed by atoms with E-state index in [0.29, 0.717) is 12.8 Å². The van der Waals surface area contributed by atoms with Crippen molar-refractivity contribution in [2.45, 2.75) is 117 Å². The van der Waals surface area contributed by atoms with Gasteiger partial charge in [-0.3, -0.25) is 9.35 Å². The molecule has 0 aromatic carbocycles. The van der Waals surface area contributed by atoms with Crippen LogP contribution in [0, 0.1) is 0 Å². The standard InChI is InChI=1S/C19H38N2O.C2H6O4S/c1-5-7-8-9-10-11-12-13-14-15-18(22)21-17(6-2)16-19(3,4)20;1-2-6-7(3,4)5/h5-16,20H2,1-4H3;2H2,1H3,(H,3,4,5).